The number of aromatic amines is 1. The monoisotopic (exact) mass is 313 g/mol. The molecule has 0 aliphatic carbocycles. The molecule has 0 radical (unpaired) electrons. The molecule has 108 valence electrons. The summed E-state index contributed by atoms with van der Waals surface area (Å²) in [6.07, 6.45) is 4.14. The number of aromatic nitrogens is 2. The summed E-state index contributed by atoms with van der Waals surface area (Å²) in [5, 5.41) is 10.6. The number of aryl methyl sites for hydroxylation is 1. The maximum absolute atomic E-state index is 10.2. The molecule has 0 saturated carbocycles. The number of amides is 1. The van der Waals surface area contributed by atoms with Crippen molar-refractivity contribution in [2.45, 2.75) is 26.3 Å². The molecule has 1 aromatic carbocycles. The lowest BCUT2D eigenvalue weighted by molar-refractivity contribution is -0.111. The lowest BCUT2D eigenvalue weighted by Gasteiger charge is -2.21. The number of halogens is 2. The topological polar surface area (TPSA) is 57.8 Å². The van der Waals surface area contributed by atoms with Crippen LogP contribution in [0.25, 0.3) is 0 Å². The zero-order valence-electron chi connectivity index (χ0n) is 11.6. The molecular weight excluding hydrogens is 297 g/mol. The van der Waals surface area contributed by atoms with Gasteiger partial charge in [0.25, 0.3) is 0 Å². The maximum atomic E-state index is 10.2. The van der Waals surface area contributed by atoms with Crippen LogP contribution in [0.15, 0.2) is 30.6 Å². The van der Waals surface area contributed by atoms with Crippen molar-refractivity contribution in [2.75, 3.05) is 0 Å². The van der Waals surface area contributed by atoms with E-state index in [-0.39, 0.29) is 5.54 Å². The fraction of sp³-hybridized carbons (Fsp3) is 0.286. The van der Waals surface area contributed by atoms with Crippen LogP contribution in [0.2, 0.25) is 10.0 Å². The van der Waals surface area contributed by atoms with Gasteiger partial charge in [-0.15, -0.1) is 0 Å². The fourth-order valence-electron chi connectivity index (χ4n) is 1.52. The van der Waals surface area contributed by atoms with Crippen molar-refractivity contribution in [1.82, 2.24) is 15.5 Å². The number of carbonyl (C=O) groups excluding carboxylic acids is 1. The molecule has 0 aliphatic heterocycles. The minimum atomic E-state index is -0.339. The third-order valence-electron chi connectivity index (χ3n) is 2.65. The number of nitrogens with one attached hydrogen (secondary N) is 2. The van der Waals surface area contributed by atoms with Crippen LogP contribution >= 0.6 is 23.2 Å². The van der Waals surface area contributed by atoms with E-state index >= 15 is 0 Å². The summed E-state index contributed by atoms with van der Waals surface area (Å²) >= 11 is 11.3. The van der Waals surface area contributed by atoms with Crippen LogP contribution in [0.1, 0.15) is 25.0 Å². The van der Waals surface area contributed by atoms with Gasteiger partial charge in [-0.3, -0.25) is 9.89 Å². The summed E-state index contributed by atoms with van der Waals surface area (Å²) in [5.41, 5.74) is 1.71. The Labute approximate surface area is 128 Å². The van der Waals surface area contributed by atoms with Gasteiger partial charge in [-0.05, 0) is 44.5 Å². The summed E-state index contributed by atoms with van der Waals surface area (Å²) in [4.78, 5) is 10.2. The Balaban J connectivity index is 0.000000204. The van der Waals surface area contributed by atoms with Crippen molar-refractivity contribution in [3.05, 3.63) is 51.8 Å². The molecule has 0 unspecified atom stereocenters. The lowest BCUT2D eigenvalue weighted by atomic mass is 9.98. The Kier molecular flexibility index (Phi) is 6.05. The van der Waals surface area contributed by atoms with Crippen molar-refractivity contribution < 1.29 is 4.79 Å². The van der Waals surface area contributed by atoms with Crippen LogP contribution < -0.4 is 5.32 Å². The summed E-state index contributed by atoms with van der Waals surface area (Å²) in [5.74, 6) is 0. The predicted octanol–water partition coefficient (Wildman–Crippen LogP) is 3.69. The molecule has 0 atom stereocenters. The Morgan fingerprint density at radius 3 is 2.25 bits per heavy atom. The first kappa shape index (κ1) is 16.5. The van der Waals surface area contributed by atoms with E-state index in [0.29, 0.717) is 16.5 Å². The molecule has 4 nitrogen and oxygen atoms in total. The summed E-state index contributed by atoms with van der Waals surface area (Å²) in [7, 11) is 0. The standard InChI is InChI=1S/C7H6Cl2.C7H11N3O/c1-5-2-6(8)4-7(9)3-5;1-7(2,8-5-11)6-3-9-10-4-6/h2-4H,1H3;3-5H,1-2H3,(H,8,11)(H,9,10). The van der Waals surface area contributed by atoms with Crippen LogP contribution in [-0.2, 0) is 10.3 Å². The summed E-state index contributed by atoms with van der Waals surface area (Å²) in [6.45, 7) is 5.77. The molecular formula is C14H17Cl2N3O. The van der Waals surface area contributed by atoms with Gasteiger partial charge in [0, 0.05) is 21.8 Å². The highest BCUT2D eigenvalue weighted by molar-refractivity contribution is 6.34. The van der Waals surface area contributed by atoms with E-state index in [9.17, 15) is 4.79 Å². The normalized spacial score (nSPS) is 10.4. The van der Waals surface area contributed by atoms with Gasteiger partial charge in [0.2, 0.25) is 6.41 Å². The highest BCUT2D eigenvalue weighted by Crippen LogP contribution is 2.18. The average Bonchev–Trinajstić information content (AvgIpc) is 2.81. The highest BCUT2D eigenvalue weighted by atomic mass is 35.5. The van der Waals surface area contributed by atoms with E-state index in [1.807, 2.05) is 32.9 Å². The molecule has 0 aliphatic rings. The van der Waals surface area contributed by atoms with Gasteiger partial charge < -0.3 is 5.32 Å². The number of H-pyrrole nitrogens is 1. The van der Waals surface area contributed by atoms with Gasteiger partial charge in [0.1, 0.15) is 0 Å². The average molecular weight is 314 g/mol. The third-order valence-corrected chi connectivity index (χ3v) is 3.08. The predicted molar refractivity (Wildman–Crippen MR) is 82.0 cm³/mol. The van der Waals surface area contributed by atoms with Crippen LogP contribution in [0.4, 0.5) is 0 Å². The van der Waals surface area contributed by atoms with Crippen molar-refractivity contribution in [3.63, 3.8) is 0 Å². The number of hydrogen-bond donors (Lipinski definition) is 2. The molecule has 1 amide bonds. The maximum Gasteiger partial charge on any atom is 0.207 e. The van der Waals surface area contributed by atoms with Gasteiger partial charge in [-0.25, -0.2) is 0 Å². The highest BCUT2D eigenvalue weighted by Gasteiger charge is 2.19. The molecule has 2 rings (SSSR count). The molecule has 1 heterocycles. The quantitative estimate of drug-likeness (QED) is 0.849. The van der Waals surface area contributed by atoms with E-state index in [1.54, 1.807) is 18.5 Å². The van der Waals surface area contributed by atoms with Crippen molar-refractivity contribution in [2.24, 2.45) is 0 Å². The Morgan fingerprint density at radius 1 is 1.25 bits per heavy atom. The van der Waals surface area contributed by atoms with Gasteiger partial charge in [-0.1, -0.05) is 23.2 Å². The Hall–Kier alpha value is -1.52. The molecule has 0 bridgehead atoms. The first-order valence-electron chi connectivity index (χ1n) is 5.98. The van der Waals surface area contributed by atoms with E-state index in [1.165, 1.54) is 0 Å². The van der Waals surface area contributed by atoms with E-state index in [4.69, 9.17) is 23.2 Å². The number of hydrogen-bond acceptors (Lipinski definition) is 2. The SMILES string of the molecule is CC(C)(NC=O)c1cn[nH]c1.Cc1cc(Cl)cc(Cl)c1. The first-order valence-corrected chi connectivity index (χ1v) is 6.74. The smallest absolute Gasteiger partial charge is 0.207 e. The van der Waals surface area contributed by atoms with Crippen LogP contribution in [-0.4, -0.2) is 16.6 Å². The number of carbonyl (C=O) groups is 1. The molecule has 2 aromatic rings. The molecule has 2 N–H and O–H groups in total. The zero-order chi connectivity index (χ0) is 15.2. The summed E-state index contributed by atoms with van der Waals surface area (Å²) in [6, 6.07) is 5.46. The van der Waals surface area contributed by atoms with Crippen LogP contribution in [0.3, 0.4) is 0 Å². The van der Waals surface area contributed by atoms with Crippen molar-refractivity contribution >= 4 is 29.6 Å². The second kappa shape index (κ2) is 7.31. The van der Waals surface area contributed by atoms with Gasteiger partial charge in [0.05, 0.1) is 11.7 Å². The van der Waals surface area contributed by atoms with E-state index in [0.717, 1.165) is 11.1 Å². The van der Waals surface area contributed by atoms with Crippen molar-refractivity contribution in [3.8, 4) is 0 Å². The van der Waals surface area contributed by atoms with E-state index < -0.39 is 0 Å². The molecule has 1 aromatic heterocycles. The third kappa shape index (κ3) is 5.23. The Bertz CT molecular complexity index is 503. The molecule has 0 fully saturated rings. The molecule has 0 saturated heterocycles. The van der Waals surface area contributed by atoms with Gasteiger partial charge in [-0.2, -0.15) is 5.10 Å². The van der Waals surface area contributed by atoms with Gasteiger partial charge >= 0.3 is 0 Å². The van der Waals surface area contributed by atoms with E-state index in [2.05, 4.69) is 15.5 Å². The molecule has 0 spiro atoms. The Morgan fingerprint density at radius 2 is 1.85 bits per heavy atom. The second-order valence-corrected chi connectivity index (χ2v) is 5.69. The summed E-state index contributed by atoms with van der Waals surface area (Å²) < 4.78 is 0. The van der Waals surface area contributed by atoms with Gasteiger partial charge in [0.15, 0.2) is 0 Å². The molecule has 6 heteroatoms. The number of rotatable bonds is 3. The number of nitrogens with zero attached hydrogens (tertiary/aromatic N) is 1. The van der Waals surface area contributed by atoms with Crippen molar-refractivity contribution in [1.29, 1.82) is 0 Å². The first-order chi connectivity index (χ1) is 9.35. The minimum absolute atomic E-state index is 0.339. The van der Waals surface area contributed by atoms with Crippen LogP contribution in [0, 0.1) is 6.92 Å². The lowest BCUT2D eigenvalue weighted by Crippen LogP contribution is -2.34. The second-order valence-electron chi connectivity index (χ2n) is 4.82. The largest absolute Gasteiger partial charge is 0.350 e. The van der Waals surface area contributed by atoms with Crippen LogP contribution in [0.5, 0.6) is 0 Å². The zero-order valence-corrected chi connectivity index (χ0v) is 13.1. The number of benzene rings is 1. The minimum Gasteiger partial charge on any atom is -0.350 e. The fourth-order valence-corrected chi connectivity index (χ4v) is 2.15. The molecule has 20 heavy (non-hydrogen) atoms.